The van der Waals surface area contributed by atoms with Crippen LogP contribution in [0.3, 0.4) is 0 Å². The van der Waals surface area contributed by atoms with E-state index in [1.165, 1.54) is 35.1 Å². The van der Waals surface area contributed by atoms with Crippen molar-refractivity contribution in [3.63, 3.8) is 0 Å². The molecule has 0 aromatic heterocycles. The van der Waals surface area contributed by atoms with Crippen LogP contribution < -0.4 is 15.4 Å². The van der Waals surface area contributed by atoms with Crippen LogP contribution in [0, 0.1) is 6.92 Å². The molecule has 1 fully saturated rings. The molecule has 134 valence electrons. The molecule has 0 radical (unpaired) electrons. The monoisotopic (exact) mass is 358 g/mol. The number of nitrogens with one attached hydrogen (secondary N) is 2. The minimum absolute atomic E-state index is 0. The normalized spacial score (nSPS) is 22.0. The third-order valence-corrected chi connectivity index (χ3v) is 5.18. The first-order valence-corrected chi connectivity index (χ1v) is 9.08. The second kappa shape index (κ2) is 8.22. The van der Waals surface area contributed by atoms with Gasteiger partial charge in [-0.3, -0.25) is 0 Å². The molecule has 2 aliphatic rings. The Hall–Kier alpha value is -1.55. The Labute approximate surface area is 156 Å². The van der Waals surface area contributed by atoms with E-state index in [4.69, 9.17) is 4.74 Å². The quantitative estimate of drug-likeness (QED) is 0.868. The van der Waals surface area contributed by atoms with E-state index in [1.807, 2.05) is 0 Å². The number of hydrogen-bond donors (Lipinski definition) is 2. The topological polar surface area (TPSA) is 33.3 Å². The molecule has 2 aliphatic heterocycles. The van der Waals surface area contributed by atoms with Gasteiger partial charge in [0.2, 0.25) is 0 Å². The lowest BCUT2D eigenvalue weighted by Gasteiger charge is -2.34. The van der Waals surface area contributed by atoms with E-state index in [-0.39, 0.29) is 12.4 Å². The minimum atomic E-state index is 0. The predicted octanol–water partition coefficient (Wildman–Crippen LogP) is 3.93. The molecular formula is C21H27ClN2O. The zero-order valence-corrected chi connectivity index (χ0v) is 15.6. The molecule has 0 saturated carbocycles. The highest BCUT2D eigenvalue weighted by Gasteiger charge is 2.26. The van der Waals surface area contributed by atoms with Gasteiger partial charge in [0.15, 0.2) is 0 Å². The first-order chi connectivity index (χ1) is 11.8. The van der Waals surface area contributed by atoms with E-state index >= 15 is 0 Å². The van der Waals surface area contributed by atoms with Gasteiger partial charge in [0.05, 0.1) is 6.61 Å². The summed E-state index contributed by atoms with van der Waals surface area (Å²) in [4.78, 5) is 0. The molecule has 2 aromatic carbocycles. The number of aryl methyl sites for hydroxylation is 1. The lowest BCUT2D eigenvalue weighted by molar-refractivity contribution is 0.301. The molecule has 0 bridgehead atoms. The van der Waals surface area contributed by atoms with E-state index in [2.05, 4.69) is 60.0 Å². The fourth-order valence-electron chi connectivity index (χ4n) is 4.05. The summed E-state index contributed by atoms with van der Waals surface area (Å²) < 4.78 is 5.88. The van der Waals surface area contributed by atoms with E-state index in [9.17, 15) is 0 Å². The molecule has 0 aliphatic carbocycles. The third kappa shape index (κ3) is 4.00. The van der Waals surface area contributed by atoms with Crippen LogP contribution in [0.15, 0.2) is 42.5 Å². The first kappa shape index (κ1) is 18.2. The summed E-state index contributed by atoms with van der Waals surface area (Å²) in [5, 5.41) is 7.49. The zero-order chi connectivity index (χ0) is 16.4. The SMILES string of the molecule is Cc1cc2c(c(CN[C@H]3CCCN[C@H]3c3ccccc3)c1)OCC2.Cl. The smallest absolute Gasteiger partial charge is 0.127 e. The lowest BCUT2D eigenvalue weighted by atomic mass is 9.92. The van der Waals surface area contributed by atoms with Crippen LogP contribution in [0.25, 0.3) is 0 Å². The molecule has 2 N–H and O–H groups in total. The van der Waals surface area contributed by atoms with Crippen LogP contribution in [0.2, 0.25) is 0 Å². The number of rotatable bonds is 4. The Morgan fingerprint density at radius 3 is 2.88 bits per heavy atom. The number of hydrogen-bond acceptors (Lipinski definition) is 3. The highest BCUT2D eigenvalue weighted by molar-refractivity contribution is 5.85. The van der Waals surface area contributed by atoms with Crippen molar-refractivity contribution in [3.8, 4) is 5.75 Å². The molecule has 1 saturated heterocycles. The lowest BCUT2D eigenvalue weighted by Crippen LogP contribution is -2.45. The van der Waals surface area contributed by atoms with Gasteiger partial charge < -0.3 is 15.4 Å². The van der Waals surface area contributed by atoms with Gasteiger partial charge in [0.1, 0.15) is 5.75 Å². The van der Waals surface area contributed by atoms with Crippen molar-refractivity contribution in [2.45, 2.75) is 44.8 Å². The molecule has 3 nitrogen and oxygen atoms in total. The van der Waals surface area contributed by atoms with Gasteiger partial charge in [-0.1, -0.05) is 48.0 Å². The second-order valence-electron chi connectivity index (χ2n) is 6.98. The van der Waals surface area contributed by atoms with Gasteiger partial charge in [-0.15, -0.1) is 12.4 Å². The number of ether oxygens (including phenoxy) is 1. The minimum Gasteiger partial charge on any atom is -0.493 e. The van der Waals surface area contributed by atoms with Crippen LogP contribution >= 0.6 is 12.4 Å². The first-order valence-electron chi connectivity index (χ1n) is 9.08. The van der Waals surface area contributed by atoms with Crippen LogP contribution in [0.5, 0.6) is 5.75 Å². The second-order valence-corrected chi connectivity index (χ2v) is 6.98. The Kier molecular flexibility index (Phi) is 6.00. The number of halogens is 1. The number of fused-ring (bicyclic) bond motifs is 1. The van der Waals surface area contributed by atoms with Crippen molar-refractivity contribution in [3.05, 3.63) is 64.7 Å². The Morgan fingerprint density at radius 2 is 2.04 bits per heavy atom. The van der Waals surface area contributed by atoms with E-state index in [0.29, 0.717) is 12.1 Å². The predicted molar refractivity (Wildman–Crippen MR) is 105 cm³/mol. The summed E-state index contributed by atoms with van der Waals surface area (Å²) in [7, 11) is 0. The fraction of sp³-hybridized carbons (Fsp3) is 0.429. The van der Waals surface area contributed by atoms with Crippen LogP contribution in [0.4, 0.5) is 0 Å². The number of benzene rings is 2. The summed E-state index contributed by atoms with van der Waals surface area (Å²) in [5.41, 5.74) is 5.38. The van der Waals surface area contributed by atoms with Gasteiger partial charge >= 0.3 is 0 Å². The standard InChI is InChI=1S/C21H26N2O.ClH/c1-15-12-17-9-11-24-21(17)18(13-15)14-23-19-8-5-10-22-20(19)16-6-3-2-4-7-16;/h2-4,6-7,12-13,19-20,22-23H,5,8-11,14H2,1H3;1H/t19-,20-;/m0./s1. The highest BCUT2D eigenvalue weighted by atomic mass is 35.5. The number of piperidine rings is 1. The molecule has 0 amide bonds. The van der Waals surface area contributed by atoms with Crippen LogP contribution in [-0.4, -0.2) is 19.2 Å². The Balaban J connectivity index is 0.00000182. The average Bonchev–Trinajstić information content (AvgIpc) is 3.09. The molecule has 4 heteroatoms. The summed E-state index contributed by atoms with van der Waals surface area (Å²) in [6.07, 6.45) is 3.48. The van der Waals surface area contributed by atoms with Crippen LogP contribution in [-0.2, 0) is 13.0 Å². The van der Waals surface area contributed by atoms with Gasteiger partial charge in [-0.05, 0) is 37.4 Å². The fourth-order valence-corrected chi connectivity index (χ4v) is 4.05. The maximum absolute atomic E-state index is 5.88. The van der Waals surface area contributed by atoms with E-state index < -0.39 is 0 Å². The van der Waals surface area contributed by atoms with Gasteiger partial charge in [0.25, 0.3) is 0 Å². The summed E-state index contributed by atoms with van der Waals surface area (Å²) in [5.74, 6) is 1.12. The van der Waals surface area contributed by atoms with Crippen molar-refractivity contribution in [1.29, 1.82) is 0 Å². The summed E-state index contributed by atoms with van der Waals surface area (Å²) in [6.45, 7) is 4.97. The van der Waals surface area contributed by atoms with E-state index in [1.54, 1.807) is 0 Å². The molecular weight excluding hydrogens is 332 g/mol. The van der Waals surface area contributed by atoms with Gasteiger partial charge in [0, 0.05) is 30.6 Å². The maximum Gasteiger partial charge on any atom is 0.127 e. The Morgan fingerprint density at radius 1 is 1.20 bits per heavy atom. The third-order valence-electron chi connectivity index (χ3n) is 5.18. The molecule has 0 unspecified atom stereocenters. The van der Waals surface area contributed by atoms with E-state index in [0.717, 1.165) is 31.9 Å². The highest BCUT2D eigenvalue weighted by Crippen LogP contribution is 2.31. The molecule has 2 atom stereocenters. The van der Waals surface area contributed by atoms with Crippen molar-refractivity contribution in [2.24, 2.45) is 0 Å². The van der Waals surface area contributed by atoms with Gasteiger partial charge in [-0.25, -0.2) is 0 Å². The van der Waals surface area contributed by atoms with Crippen molar-refractivity contribution < 1.29 is 4.74 Å². The van der Waals surface area contributed by atoms with Crippen LogP contribution in [0.1, 0.15) is 41.1 Å². The maximum atomic E-state index is 5.88. The van der Waals surface area contributed by atoms with Gasteiger partial charge in [-0.2, -0.15) is 0 Å². The summed E-state index contributed by atoms with van der Waals surface area (Å²) in [6, 6.07) is 16.2. The average molecular weight is 359 g/mol. The largest absolute Gasteiger partial charge is 0.493 e. The molecule has 25 heavy (non-hydrogen) atoms. The van der Waals surface area contributed by atoms with Crippen molar-refractivity contribution in [1.82, 2.24) is 10.6 Å². The molecule has 2 aromatic rings. The molecule has 0 spiro atoms. The van der Waals surface area contributed by atoms with Crippen molar-refractivity contribution >= 4 is 12.4 Å². The molecule has 4 rings (SSSR count). The zero-order valence-electron chi connectivity index (χ0n) is 14.8. The molecule has 2 heterocycles. The Bertz CT molecular complexity index is 705. The van der Waals surface area contributed by atoms with Crippen molar-refractivity contribution in [2.75, 3.05) is 13.2 Å². The summed E-state index contributed by atoms with van der Waals surface area (Å²) >= 11 is 0.